The van der Waals surface area contributed by atoms with Gasteiger partial charge >= 0.3 is 5.97 Å². The quantitative estimate of drug-likeness (QED) is 0.945. The minimum Gasteiger partial charge on any atom is -0.481 e. The predicted octanol–water partition coefficient (Wildman–Crippen LogP) is 2.67. The van der Waals surface area contributed by atoms with E-state index in [-0.39, 0.29) is 5.91 Å². The van der Waals surface area contributed by atoms with E-state index in [0.717, 1.165) is 16.3 Å². The average molecular weight is 316 g/mol. The van der Waals surface area contributed by atoms with E-state index in [4.69, 9.17) is 5.11 Å². The third-order valence-corrected chi connectivity index (χ3v) is 4.64. The lowest BCUT2D eigenvalue weighted by molar-refractivity contribution is -0.141. The summed E-state index contributed by atoms with van der Waals surface area (Å²) in [6.07, 6.45) is 0.525. The van der Waals surface area contributed by atoms with Gasteiger partial charge in [0.1, 0.15) is 0 Å². The number of thiazole rings is 1. The fourth-order valence-electron chi connectivity index (χ4n) is 2.61. The van der Waals surface area contributed by atoms with Gasteiger partial charge in [-0.2, -0.15) is 0 Å². The van der Waals surface area contributed by atoms with Crippen LogP contribution in [-0.2, 0) is 4.79 Å². The van der Waals surface area contributed by atoms with Crippen molar-refractivity contribution < 1.29 is 14.7 Å². The van der Waals surface area contributed by atoms with Crippen LogP contribution in [0.2, 0.25) is 0 Å². The number of hydrogen-bond acceptors (Lipinski definition) is 4. The van der Waals surface area contributed by atoms with Gasteiger partial charge in [0.15, 0.2) is 0 Å². The van der Waals surface area contributed by atoms with Gasteiger partial charge in [0.25, 0.3) is 5.91 Å². The average Bonchev–Trinajstić information content (AvgIpc) is 3.16. The molecule has 1 unspecified atom stereocenters. The van der Waals surface area contributed by atoms with E-state index in [0.29, 0.717) is 25.1 Å². The third-order valence-electron chi connectivity index (χ3n) is 3.87. The van der Waals surface area contributed by atoms with Crippen molar-refractivity contribution in [3.05, 3.63) is 40.2 Å². The first kappa shape index (κ1) is 14.7. The number of hydrogen-bond donors (Lipinski definition) is 1. The maximum Gasteiger partial charge on any atom is 0.308 e. The van der Waals surface area contributed by atoms with Crippen molar-refractivity contribution in [1.29, 1.82) is 0 Å². The Hall–Kier alpha value is -2.21. The first-order valence-corrected chi connectivity index (χ1v) is 7.97. The van der Waals surface area contributed by atoms with Crippen molar-refractivity contribution >= 4 is 23.2 Å². The van der Waals surface area contributed by atoms with Gasteiger partial charge in [-0.15, -0.1) is 11.3 Å². The Kier molecular flexibility index (Phi) is 3.94. The monoisotopic (exact) mass is 316 g/mol. The maximum absolute atomic E-state index is 12.4. The van der Waals surface area contributed by atoms with E-state index < -0.39 is 11.9 Å². The maximum atomic E-state index is 12.4. The highest BCUT2D eigenvalue weighted by molar-refractivity contribution is 7.09. The zero-order valence-electron chi connectivity index (χ0n) is 12.2. The lowest BCUT2D eigenvalue weighted by atomic mass is 10.1. The molecule has 1 aliphatic rings. The predicted molar refractivity (Wildman–Crippen MR) is 83.9 cm³/mol. The summed E-state index contributed by atoms with van der Waals surface area (Å²) < 4.78 is 0. The Labute approximate surface area is 132 Å². The minimum absolute atomic E-state index is 0.107. The highest BCUT2D eigenvalue weighted by atomic mass is 32.1. The summed E-state index contributed by atoms with van der Waals surface area (Å²) in [4.78, 5) is 29.4. The first-order chi connectivity index (χ1) is 10.5. The fourth-order valence-corrected chi connectivity index (χ4v) is 3.23. The Balaban J connectivity index is 1.73. The molecule has 2 aromatic rings. The van der Waals surface area contributed by atoms with Gasteiger partial charge in [-0.1, -0.05) is 12.1 Å². The van der Waals surface area contributed by atoms with E-state index in [9.17, 15) is 9.59 Å². The number of aromatic nitrogens is 1. The molecule has 22 heavy (non-hydrogen) atoms. The summed E-state index contributed by atoms with van der Waals surface area (Å²) in [6.45, 7) is 2.75. The third kappa shape index (κ3) is 2.87. The summed E-state index contributed by atoms with van der Waals surface area (Å²) in [5, 5.41) is 12.0. The zero-order chi connectivity index (χ0) is 15.7. The van der Waals surface area contributed by atoms with Crippen molar-refractivity contribution in [2.75, 3.05) is 13.1 Å². The van der Waals surface area contributed by atoms with Gasteiger partial charge in [0, 0.05) is 29.6 Å². The van der Waals surface area contributed by atoms with E-state index in [1.807, 2.05) is 24.4 Å². The number of benzene rings is 1. The number of aliphatic carboxylic acids is 1. The molecule has 0 radical (unpaired) electrons. The first-order valence-electron chi connectivity index (χ1n) is 7.09. The minimum atomic E-state index is -0.829. The molecular formula is C16H16N2O3S. The molecule has 1 fully saturated rings. The SMILES string of the molecule is Cc1nc(-c2ccc(C(=O)N3CCC(C(=O)O)C3)cc2)cs1. The molecule has 1 aliphatic heterocycles. The van der Waals surface area contributed by atoms with E-state index in [1.165, 1.54) is 0 Å². The van der Waals surface area contributed by atoms with E-state index in [2.05, 4.69) is 4.98 Å². The number of carbonyl (C=O) groups is 2. The number of amides is 1. The van der Waals surface area contributed by atoms with E-state index >= 15 is 0 Å². The van der Waals surface area contributed by atoms with Crippen molar-refractivity contribution in [2.45, 2.75) is 13.3 Å². The van der Waals surface area contributed by atoms with Gasteiger partial charge in [0.2, 0.25) is 0 Å². The van der Waals surface area contributed by atoms with Crippen LogP contribution in [0.15, 0.2) is 29.6 Å². The van der Waals surface area contributed by atoms with Crippen LogP contribution in [0, 0.1) is 12.8 Å². The van der Waals surface area contributed by atoms with Gasteiger partial charge in [0.05, 0.1) is 16.6 Å². The second-order valence-electron chi connectivity index (χ2n) is 5.40. The molecule has 1 aromatic carbocycles. The Bertz CT molecular complexity index is 708. The Morgan fingerprint density at radius 1 is 1.32 bits per heavy atom. The number of carboxylic acids is 1. The van der Waals surface area contributed by atoms with Crippen LogP contribution in [0.3, 0.4) is 0 Å². The second kappa shape index (κ2) is 5.88. The van der Waals surface area contributed by atoms with Crippen molar-refractivity contribution in [1.82, 2.24) is 9.88 Å². The Morgan fingerprint density at radius 2 is 2.05 bits per heavy atom. The molecule has 6 heteroatoms. The van der Waals surface area contributed by atoms with Gasteiger partial charge < -0.3 is 10.0 Å². The number of carboxylic acid groups (broad SMARTS) is 1. The van der Waals surface area contributed by atoms with Crippen LogP contribution in [0.4, 0.5) is 0 Å². The van der Waals surface area contributed by atoms with Crippen LogP contribution in [0.25, 0.3) is 11.3 Å². The number of carbonyl (C=O) groups excluding carboxylic acids is 1. The summed E-state index contributed by atoms with van der Waals surface area (Å²) in [5.74, 6) is -1.38. The lowest BCUT2D eigenvalue weighted by Gasteiger charge is -2.15. The molecule has 1 N–H and O–H groups in total. The van der Waals surface area contributed by atoms with Crippen molar-refractivity contribution in [3.63, 3.8) is 0 Å². The number of nitrogens with zero attached hydrogens (tertiary/aromatic N) is 2. The molecule has 1 atom stereocenters. The molecule has 0 aliphatic carbocycles. The van der Waals surface area contributed by atoms with Crippen LogP contribution < -0.4 is 0 Å². The summed E-state index contributed by atoms with van der Waals surface area (Å²) in [7, 11) is 0. The van der Waals surface area contributed by atoms with Crippen LogP contribution in [0.5, 0.6) is 0 Å². The molecule has 1 amide bonds. The normalized spacial score (nSPS) is 17.7. The molecule has 5 nitrogen and oxygen atoms in total. The van der Waals surface area contributed by atoms with E-state index in [1.54, 1.807) is 28.4 Å². The standard InChI is InChI=1S/C16H16N2O3S/c1-10-17-14(9-22-10)11-2-4-12(5-3-11)15(19)18-7-6-13(8-18)16(20)21/h2-5,9,13H,6-8H2,1H3,(H,20,21). The van der Waals surface area contributed by atoms with Gasteiger partial charge in [-0.3, -0.25) is 9.59 Å². The Morgan fingerprint density at radius 3 is 2.59 bits per heavy atom. The highest BCUT2D eigenvalue weighted by Crippen LogP contribution is 2.23. The number of aryl methyl sites for hydroxylation is 1. The number of rotatable bonds is 3. The molecule has 114 valence electrons. The molecule has 0 spiro atoms. The summed E-state index contributed by atoms with van der Waals surface area (Å²) in [5.41, 5.74) is 2.47. The zero-order valence-corrected chi connectivity index (χ0v) is 13.0. The lowest BCUT2D eigenvalue weighted by Crippen LogP contribution is -2.29. The molecule has 0 bridgehead atoms. The van der Waals surface area contributed by atoms with Crippen LogP contribution in [-0.4, -0.2) is 40.0 Å². The molecule has 3 rings (SSSR count). The molecule has 1 saturated heterocycles. The molecule has 0 saturated carbocycles. The van der Waals surface area contributed by atoms with Crippen LogP contribution in [0.1, 0.15) is 21.8 Å². The molecule has 1 aromatic heterocycles. The summed E-state index contributed by atoms with van der Waals surface area (Å²) in [6, 6.07) is 7.32. The topological polar surface area (TPSA) is 70.5 Å². The van der Waals surface area contributed by atoms with Gasteiger partial charge in [-0.25, -0.2) is 4.98 Å². The largest absolute Gasteiger partial charge is 0.481 e. The molecular weight excluding hydrogens is 300 g/mol. The van der Waals surface area contributed by atoms with Crippen molar-refractivity contribution in [3.8, 4) is 11.3 Å². The number of likely N-dealkylation sites (tertiary alicyclic amines) is 1. The van der Waals surface area contributed by atoms with Gasteiger partial charge in [-0.05, 0) is 25.5 Å². The van der Waals surface area contributed by atoms with Crippen molar-refractivity contribution in [2.24, 2.45) is 5.92 Å². The highest BCUT2D eigenvalue weighted by Gasteiger charge is 2.31. The smallest absolute Gasteiger partial charge is 0.308 e. The molecule has 2 heterocycles. The van der Waals surface area contributed by atoms with Crippen LogP contribution >= 0.6 is 11.3 Å². The summed E-state index contributed by atoms with van der Waals surface area (Å²) >= 11 is 1.59. The fraction of sp³-hybridized carbons (Fsp3) is 0.312. The second-order valence-corrected chi connectivity index (χ2v) is 6.47.